The highest BCUT2D eigenvalue weighted by atomic mass is 32.1. The van der Waals surface area contributed by atoms with E-state index in [0.29, 0.717) is 17.2 Å². The Balaban J connectivity index is 0.00000240. The third-order valence-electron chi connectivity index (χ3n) is 5.29. The first-order valence-corrected chi connectivity index (χ1v) is 10.1. The lowest BCUT2D eigenvalue weighted by molar-refractivity contribution is -0.143. The van der Waals surface area contributed by atoms with Crippen LogP contribution in [0.5, 0.6) is 0 Å². The van der Waals surface area contributed by atoms with Crippen LogP contribution in [0, 0.1) is 5.41 Å². The molecule has 3 aromatic heterocycles. The Hall–Kier alpha value is -2.81. The number of nitrogens with one attached hydrogen (secondary N) is 2. The number of ether oxygens (including phenoxy) is 1. The van der Waals surface area contributed by atoms with Crippen LogP contribution in [0.2, 0.25) is 0 Å². The van der Waals surface area contributed by atoms with E-state index in [2.05, 4.69) is 25.3 Å². The standard InChI is InChI=1S/C19H21N5O3S.H2/c1-27-15(26)9-19(5-2-3-6-19)8-14(25)24-18-23-13(10-28-18)16-12-4-7-20-17(12)22-11-21-16;/h4,7,10-11H,2-3,5-6,8-9H2,1H3,(H,20,21,22)(H,23,24,25);1H. The van der Waals surface area contributed by atoms with Crippen molar-refractivity contribution in [1.82, 2.24) is 19.9 Å². The molecule has 0 spiro atoms. The Labute approximate surface area is 167 Å². The molecule has 2 N–H and O–H groups in total. The largest absolute Gasteiger partial charge is 0.469 e. The lowest BCUT2D eigenvalue weighted by Crippen LogP contribution is -2.28. The molecule has 8 nitrogen and oxygen atoms in total. The van der Waals surface area contributed by atoms with Gasteiger partial charge in [-0.25, -0.2) is 15.0 Å². The van der Waals surface area contributed by atoms with Crippen molar-refractivity contribution >= 4 is 39.4 Å². The number of thiazole rings is 1. The van der Waals surface area contributed by atoms with Crippen LogP contribution < -0.4 is 5.32 Å². The molecule has 3 aromatic rings. The summed E-state index contributed by atoms with van der Waals surface area (Å²) in [5.74, 6) is -0.383. The Morgan fingerprint density at radius 2 is 2.14 bits per heavy atom. The molecular weight excluding hydrogens is 378 g/mol. The number of rotatable bonds is 6. The average molecular weight is 401 g/mol. The van der Waals surface area contributed by atoms with Gasteiger partial charge < -0.3 is 15.0 Å². The van der Waals surface area contributed by atoms with Crippen LogP contribution in [0.1, 0.15) is 40.0 Å². The Kier molecular flexibility index (Phi) is 5.08. The highest BCUT2D eigenvalue weighted by Crippen LogP contribution is 2.44. The number of amides is 1. The van der Waals surface area contributed by atoms with Gasteiger partial charge in [0.1, 0.15) is 23.4 Å². The van der Waals surface area contributed by atoms with Crippen molar-refractivity contribution in [3.8, 4) is 11.4 Å². The Bertz CT molecular complexity index is 1010. The molecule has 9 heteroatoms. The van der Waals surface area contributed by atoms with Crippen LogP contribution in [0.25, 0.3) is 22.4 Å². The van der Waals surface area contributed by atoms with Crippen LogP contribution in [0.15, 0.2) is 24.0 Å². The number of anilines is 1. The lowest BCUT2D eigenvalue weighted by Gasteiger charge is -2.26. The third-order valence-corrected chi connectivity index (χ3v) is 6.05. The van der Waals surface area contributed by atoms with Gasteiger partial charge in [0.2, 0.25) is 5.91 Å². The molecule has 0 atom stereocenters. The SMILES string of the molecule is COC(=O)CC1(CC(=O)Nc2nc(-c3ncnc4[nH]ccc34)cs2)CCCC1.[HH]. The zero-order valence-electron chi connectivity index (χ0n) is 15.5. The number of carbonyl (C=O) groups excluding carboxylic acids is 2. The third kappa shape index (κ3) is 3.75. The number of hydrogen-bond acceptors (Lipinski definition) is 7. The van der Waals surface area contributed by atoms with Crippen LogP contribution in [0.4, 0.5) is 5.13 Å². The second kappa shape index (κ2) is 7.67. The number of carbonyl (C=O) groups is 2. The molecule has 3 heterocycles. The van der Waals surface area contributed by atoms with Gasteiger partial charge in [-0.3, -0.25) is 9.59 Å². The number of esters is 1. The van der Waals surface area contributed by atoms with Crippen molar-refractivity contribution in [3.63, 3.8) is 0 Å². The Morgan fingerprint density at radius 1 is 1.32 bits per heavy atom. The summed E-state index contributed by atoms with van der Waals surface area (Å²) in [7, 11) is 1.39. The van der Waals surface area contributed by atoms with Gasteiger partial charge in [-0.1, -0.05) is 12.8 Å². The van der Waals surface area contributed by atoms with Crippen molar-refractivity contribution < 1.29 is 15.8 Å². The molecular formula is C19H23N5O3S. The predicted octanol–water partition coefficient (Wildman–Crippen LogP) is 3.78. The zero-order valence-corrected chi connectivity index (χ0v) is 16.3. The van der Waals surface area contributed by atoms with E-state index >= 15 is 0 Å². The molecule has 4 rings (SSSR count). The highest BCUT2D eigenvalue weighted by Gasteiger charge is 2.38. The van der Waals surface area contributed by atoms with Gasteiger partial charge in [0.25, 0.3) is 0 Å². The first-order valence-electron chi connectivity index (χ1n) is 9.19. The van der Waals surface area contributed by atoms with Crippen molar-refractivity contribution in [2.24, 2.45) is 5.41 Å². The van der Waals surface area contributed by atoms with E-state index in [1.807, 2.05) is 11.4 Å². The predicted molar refractivity (Wildman–Crippen MR) is 108 cm³/mol. The number of aromatic nitrogens is 4. The molecule has 0 radical (unpaired) electrons. The maximum absolute atomic E-state index is 12.6. The summed E-state index contributed by atoms with van der Waals surface area (Å²) in [6.07, 6.45) is 7.68. The second-order valence-corrected chi connectivity index (χ2v) is 8.04. The molecule has 1 aliphatic carbocycles. The summed E-state index contributed by atoms with van der Waals surface area (Å²) in [6, 6.07) is 1.90. The number of aromatic amines is 1. The smallest absolute Gasteiger partial charge is 0.306 e. The van der Waals surface area contributed by atoms with E-state index in [4.69, 9.17) is 4.74 Å². The van der Waals surface area contributed by atoms with Gasteiger partial charge in [0.05, 0.1) is 13.5 Å². The average Bonchev–Trinajstić information content (AvgIpc) is 3.42. The summed E-state index contributed by atoms with van der Waals surface area (Å²) >= 11 is 1.35. The summed E-state index contributed by atoms with van der Waals surface area (Å²) < 4.78 is 4.82. The number of hydrogen-bond donors (Lipinski definition) is 2. The van der Waals surface area contributed by atoms with E-state index < -0.39 is 0 Å². The lowest BCUT2D eigenvalue weighted by atomic mass is 9.79. The van der Waals surface area contributed by atoms with Crippen LogP contribution >= 0.6 is 11.3 Å². The fraction of sp³-hybridized carbons (Fsp3) is 0.421. The van der Waals surface area contributed by atoms with Crippen molar-refractivity contribution in [1.29, 1.82) is 0 Å². The molecule has 0 aromatic carbocycles. The normalized spacial score (nSPS) is 15.6. The summed E-state index contributed by atoms with van der Waals surface area (Å²) in [6.45, 7) is 0. The van der Waals surface area contributed by atoms with E-state index in [-0.39, 0.29) is 25.1 Å². The van der Waals surface area contributed by atoms with Crippen LogP contribution in [0.3, 0.4) is 0 Å². The topological polar surface area (TPSA) is 110 Å². The molecule has 28 heavy (non-hydrogen) atoms. The minimum Gasteiger partial charge on any atom is -0.469 e. The highest BCUT2D eigenvalue weighted by molar-refractivity contribution is 7.14. The molecule has 0 bridgehead atoms. The molecule has 1 aliphatic rings. The minimum absolute atomic E-state index is 0. The molecule has 148 valence electrons. The quantitative estimate of drug-likeness (QED) is 0.608. The van der Waals surface area contributed by atoms with Gasteiger partial charge in [-0.05, 0) is 24.3 Å². The first kappa shape index (κ1) is 18.5. The zero-order chi connectivity index (χ0) is 19.6. The van der Waals surface area contributed by atoms with Crippen molar-refractivity contribution in [3.05, 3.63) is 24.0 Å². The fourth-order valence-electron chi connectivity index (χ4n) is 3.94. The van der Waals surface area contributed by atoms with E-state index in [9.17, 15) is 9.59 Å². The van der Waals surface area contributed by atoms with Gasteiger partial charge in [-0.2, -0.15) is 0 Å². The molecule has 0 unspecified atom stereocenters. The molecule has 0 aliphatic heterocycles. The molecule has 0 saturated heterocycles. The van der Waals surface area contributed by atoms with Gasteiger partial charge in [-0.15, -0.1) is 11.3 Å². The first-order chi connectivity index (χ1) is 13.6. The summed E-state index contributed by atoms with van der Waals surface area (Å²) in [5.41, 5.74) is 1.86. The van der Waals surface area contributed by atoms with E-state index in [0.717, 1.165) is 42.4 Å². The maximum Gasteiger partial charge on any atom is 0.306 e. The van der Waals surface area contributed by atoms with Crippen molar-refractivity contribution in [2.75, 3.05) is 12.4 Å². The maximum atomic E-state index is 12.6. The Morgan fingerprint density at radius 3 is 2.93 bits per heavy atom. The minimum atomic E-state index is -0.304. The number of methoxy groups -OCH3 is 1. The number of nitrogens with zero attached hydrogens (tertiary/aromatic N) is 3. The van der Waals surface area contributed by atoms with Gasteiger partial charge >= 0.3 is 5.97 Å². The molecule has 1 fully saturated rings. The van der Waals surface area contributed by atoms with Crippen LogP contribution in [-0.4, -0.2) is 38.9 Å². The van der Waals surface area contributed by atoms with E-state index in [1.165, 1.54) is 24.8 Å². The van der Waals surface area contributed by atoms with Crippen molar-refractivity contribution in [2.45, 2.75) is 38.5 Å². The van der Waals surface area contributed by atoms with E-state index in [1.54, 1.807) is 6.20 Å². The summed E-state index contributed by atoms with van der Waals surface area (Å²) in [4.78, 5) is 40.5. The number of H-pyrrole nitrogens is 1. The summed E-state index contributed by atoms with van der Waals surface area (Å²) in [5, 5.41) is 6.15. The molecule has 1 saturated carbocycles. The molecule has 1 amide bonds. The fourth-order valence-corrected chi connectivity index (χ4v) is 4.65. The van der Waals surface area contributed by atoms with Crippen LogP contribution in [-0.2, 0) is 14.3 Å². The van der Waals surface area contributed by atoms with Gasteiger partial charge in [0.15, 0.2) is 5.13 Å². The second-order valence-electron chi connectivity index (χ2n) is 7.19. The van der Waals surface area contributed by atoms with Gasteiger partial charge in [0, 0.05) is 24.8 Å². The number of fused-ring (bicyclic) bond motifs is 1. The monoisotopic (exact) mass is 401 g/mol.